The van der Waals surface area contributed by atoms with Gasteiger partial charge >= 0.3 is 6.03 Å². The maximum atomic E-state index is 12.8. The smallest absolute Gasteiger partial charge is 0.322 e. The molecule has 0 unspecified atom stereocenters. The van der Waals surface area contributed by atoms with E-state index in [1.54, 1.807) is 31.3 Å². The lowest BCUT2D eigenvalue weighted by Crippen LogP contribution is -2.50. The van der Waals surface area contributed by atoms with Crippen LogP contribution in [0.2, 0.25) is 0 Å². The molecule has 34 heavy (non-hydrogen) atoms. The van der Waals surface area contributed by atoms with Crippen molar-refractivity contribution in [3.8, 4) is 11.5 Å². The van der Waals surface area contributed by atoms with Crippen LogP contribution in [0.5, 0.6) is 11.5 Å². The lowest BCUT2D eigenvalue weighted by atomic mass is 10.2. The van der Waals surface area contributed by atoms with Crippen molar-refractivity contribution in [1.82, 2.24) is 20.0 Å². The number of aromatic nitrogens is 2. The van der Waals surface area contributed by atoms with Crippen LogP contribution in [0.4, 0.5) is 22.1 Å². The van der Waals surface area contributed by atoms with E-state index in [1.807, 2.05) is 18.2 Å². The summed E-state index contributed by atoms with van der Waals surface area (Å²) in [5.74, 6) is 2.76. The highest BCUT2D eigenvalue weighted by atomic mass is 16.5. The number of nitrogens with zero attached hydrogens (tertiary/aromatic N) is 6. The molecule has 2 aromatic rings. The highest BCUT2D eigenvalue weighted by Gasteiger charge is 2.24. The highest BCUT2D eigenvalue weighted by Crippen LogP contribution is 2.34. The second-order valence-electron chi connectivity index (χ2n) is 8.25. The number of hydrogen-bond donors (Lipinski definition) is 2. The van der Waals surface area contributed by atoms with Gasteiger partial charge < -0.3 is 34.6 Å². The number of benzene rings is 1. The topological polar surface area (TPSA) is 107 Å². The molecular weight excluding hydrogens is 438 g/mol. The lowest BCUT2D eigenvalue weighted by Gasteiger charge is -2.36. The van der Waals surface area contributed by atoms with Gasteiger partial charge in [-0.15, -0.1) is 10.2 Å². The molecule has 2 aliphatic heterocycles. The summed E-state index contributed by atoms with van der Waals surface area (Å²) in [6.45, 7) is 7.00. The predicted molar refractivity (Wildman–Crippen MR) is 130 cm³/mol. The minimum absolute atomic E-state index is 0.173. The Morgan fingerprint density at radius 3 is 2.06 bits per heavy atom. The van der Waals surface area contributed by atoms with Crippen LogP contribution in [0, 0.1) is 0 Å². The number of aliphatic hydroxyl groups excluding tert-OH is 1. The van der Waals surface area contributed by atoms with Crippen LogP contribution in [-0.4, -0.2) is 111 Å². The first-order valence-electron chi connectivity index (χ1n) is 11.6. The van der Waals surface area contributed by atoms with Crippen LogP contribution < -0.4 is 24.6 Å². The minimum atomic E-state index is -0.173. The Balaban J connectivity index is 1.29. The van der Waals surface area contributed by atoms with Gasteiger partial charge in [-0.05, 0) is 24.3 Å². The maximum Gasteiger partial charge on any atom is 0.322 e. The predicted octanol–water partition coefficient (Wildman–Crippen LogP) is 0.962. The molecule has 3 heterocycles. The normalized spacial score (nSPS) is 17.0. The van der Waals surface area contributed by atoms with Crippen LogP contribution in [0.1, 0.15) is 0 Å². The molecule has 11 heteroatoms. The van der Waals surface area contributed by atoms with Gasteiger partial charge in [0.05, 0.1) is 26.5 Å². The summed E-state index contributed by atoms with van der Waals surface area (Å²) in [6, 6.07) is 9.23. The summed E-state index contributed by atoms with van der Waals surface area (Å²) in [5.41, 5.74) is 0.577. The van der Waals surface area contributed by atoms with Gasteiger partial charge in [0.25, 0.3) is 0 Å². The number of methoxy groups -OCH3 is 2. The second-order valence-corrected chi connectivity index (χ2v) is 8.25. The van der Waals surface area contributed by atoms with E-state index < -0.39 is 0 Å². The van der Waals surface area contributed by atoms with Crippen LogP contribution in [-0.2, 0) is 0 Å². The van der Waals surface area contributed by atoms with Crippen LogP contribution in [0.3, 0.4) is 0 Å². The number of para-hydroxylation sites is 1. The summed E-state index contributed by atoms with van der Waals surface area (Å²) < 4.78 is 10.7. The van der Waals surface area contributed by atoms with Gasteiger partial charge in [0, 0.05) is 58.9 Å². The number of β-amino-alcohol motifs (C(OH)–C–C–N with tert-alkyl or cyclic N) is 1. The second kappa shape index (κ2) is 11.2. The molecule has 0 spiro atoms. The zero-order valence-electron chi connectivity index (χ0n) is 19.8. The Hall–Kier alpha value is -3.31. The molecule has 2 amide bonds. The molecule has 11 nitrogen and oxygen atoms in total. The van der Waals surface area contributed by atoms with Crippen molar-refractivity contribution >= 4 is 23.4 Å². The third-order valence-electron chi connectivity index (χ3n) is 6.28. The Kier molecular flexibility index (Phi) is 7.86. The number of rotatable bonds is 7. The highest BCUT2D eigenvalue weighted by molar-refractivity contribution is 5.91. The molecule has 184 valence electrons. The van der Waals surface area contributed by atoms with E-state index in [4.69, 9.17) is 14.6 Å². The van der Waals surface area contributed by atoms with Crippen molar-refractivity contribution in [2.45, 2.75) is 0 Å². The Bertz CT molecular complexity index is 943. The van der Waals surface area contributed by atoms with E-state index >= 15 is 0 Å². The molecule has 2 N–H and O–H groups in total. The largest absolute Gasteiger partial charge is 0.493 e. The van der Waals surface area contributed by atoms with Crippen molar-refractivity contribution in [1.29, 1.82) is 0 Å². The summed E-state index contributed by atoms with van der Waals surface area (Å²) >= 11 is 0. The molecule has 0 bridgehead atoms. The molecule has 2 fully saturated rings. The van der Waals surface area contributed by atoms with E-state index in [2.05, 4.69) is 30.2 Å². The zero-order valence-corrected chi connectivity index (χ0v) is 19.8. The van der Waals surface area contributed by atoms with Gasteiger partial charge in [0.2, 0.25) is 0 Å². The van der Waals surface area contributed by atoms with Crippen molar-refractivity contribution in [2.75, 3.05) is 94.8 Å². The van der Waals surface area contributed by atoms with E-state index in [1.165, 1.54) is 0 Å². The average molecular weight is 472 g/mol. The molecule has 0 radical (unpaired) electrons. The number of piperazine rings is 2. The van der Waals surface area contributed by atoms with Crippen molar-refractivity contribution in [3.63, 3.8) is 0 Å². The Morgan fingerprint density at radius 2 is 1.53 bits per heavy atom. The van der Waals surface area contributed by atoms with Gasteiger partial charge in [0.1, 0.15) is 0 Å². The fourth-order valence-corrected chi connectivity index (χ4v) is 4.32. The van der Waals surface area contributed by atoms with Gasteiger partial charge in [-0.2, -0.15) is 0 Å². The summed E-state index contributed by atoms with van der Waals surface area (Å²) in [7, 11) is 3.12. The molecule has 2 aliphatic rings. The molecule has 0 atom stereocenters. The SMILES string of the molecule is COc1cccc(NC(=O)N2CCN(c3ccc(N4CCN(CCO)CC4)nn3)CC2)c1OC. The summed E-state index contributed by atoms with van der Waals surface area (Å²) in [5, 5.41) is 20.9. The van der Waals surface area contributed by atoms with Crippen LogP contribution >= 0.6 is 0 Å². The lowest BCUT2D eigenvalue weighted by molar-refractivity contribution is 0.188. The van der Waals surface area contributed by atoms with E-state index in [9.17, 15) is 4.79 Å². The minimum Gasteiger partial charge on any atom is -0.493 e. The number of aliphatic hydroxyl groups is 1. The first-order chi connectivity index (χ1) is 16.6. The molecule has 4 rings (SSSR count). The molecule has 0 saturated carbocycles. The number of carbonyl (C=O) groups is 1. The van der Waals surface area contributed by atoms with Crippen molar-refractivity contribution in [3.05, 3.63) is 30.3 Å². The number of hydrogen-bond acceptors (Lipinski definition) is 9. The zero-order chi connectivity index (χ0) is 23.9. The standard InChI is InChI=1S/C23H33N7O4/c1-33-19-5-3-4-18(22(19)34-2)24-23(32)30-14-12-29(13-15-30)21-7-6-20(25-26-21)28-10-8-27(9-11-28)16-17-31/h3-7,31H,8-17H2,1-2H3,(H,24,32). The number of amides is 2. The Morgan fingerprint density at radius 1 is 0.912 bits per heavy atom. The number of carbonyl (C=O) groups excluding carboxylic acids is 1. The number of ether oxygens (including phenoxy) is 2. The Labute approximate surface area is 199 Å². The third kappa shape index (κ3) is 5.42. The maximum absolute atomic E-state index is 12.8. The fourth-order valence-electron chi connectivity index (χ4n) is 4.32. The molecule has 0 aliphatic carbocycles. The fraction of sp³-hybridized carbons (Fsp3) is 0.522. The van der Waals surface area contributed by atoms with Gasteiger partial charge in [-0.1, -0.05) is 6.07 Å². The molecule has 1 aromatic carbocycles. The molecule has 2 saturated heterocycles. The average Bonchev–Trinajstić information content (AvgIpc) is 2.89. The molecule has 1 aromatic heterocycles. The summed E-state index contributed by atoms with van der Waals surface area (Å²) in [6.07, 6.45) is 0. The van der Waals surface area contributed by atoms with E-state index in [0.717, 1.165) is 44.4 Å². The van der Waals surface area contributed by atoms with Crippen molar-refractivity contribution in [2.24, 2.45) is 0 Å². The number of anilines is 3. The van der Waals surface area contributed by atoms with Crippen molar-refractivity contribution < 1.29 is 19.4 Å². The number of urea groups is 1. The van der Waals surface area contributed by atoms with Crippen LogP contribution in [0.25, 0.3) is 0 Å². The first-order valence-corrected chi connectivity index (χ1v) is 11.6. The van der Waals surface area contributed by atoms with Crippen LogP contribution in [0.15, 0.2) is 30.3 Å². The van der Waals surface area contributed by atoms with E-state index in [0.29, 0.717) is 43.4 Å². The third-order valence-corrected chi connectivity index (χ3v) is 6.28. The summed E-state index contributed by atoms with van der Waals surface area (Å²) in [4.78, 5) is 21.2. The molecular formula is C23H33N7O4. The monoisotopic (exact) mass is 471 g/mol. The first kappa shape index (κ1) is 23.8. The van der Waals surface area contributed by atoms with Gasteiger partial charge in [-0.3, -0.25) is 4.90 Å². The van der Waals surface area contributed by atoms with E-state index in [-0.39, 0.29) is 12.6 Å². The van der Waals surface area contributed by atoms with Gasteiger partial charge in [0.15, 0.2) is 23.1 Å². The number of nitrogens with one attached hydrogen (secondary N) is 1. The van der Waals surface area contributed by atoms with Gasteiger partial charge in [-0.25, -0.2) is 4.79 Å². The quantitative estimate of drug-likeness (QED) is 0.611.